The van der Waals surface area contributed by atoms with Crippen LogP contribution in [0.5, 0.6) is 5.75 Å². The molecule has 4 nitrogen and oxygen atoms in total. The monoisotopic (exact) mass is 409 g/mol. The SMILES string of the molecule is O=S(=O)(Oc1c(F)c(F)c(F)c(F)c1F)c1ccc2cnc(Cl)cc2c1. The maximum Gasteiger partial charge on any atom is 0.339 e. The molecule has 0 atom stereocenters. The summed E-state index contributed by atoms with van der Waals surface area (Å²) in [5.41, 5.74) is 0. The highest BCUT2D eigenvalue weighted by Crippen LogP contribution is 2.32. The fourth-order valence-electron chi connectivity index (χ4n) is 2.06. The average Bonchev–Trinajstić information content (AvgIpc) is 2.61. The second kappa shape index (κ2) is 6.36. The molecule has 2 aromatic carbocycles. The van der Waals surface area contributed by atoms with Crippen molar-refractivity contribution in [1.82, 2.24) is 4.98 Å². The molecular weight excluding hydrogens is 405 g/mol. The molecule has 0 fully saturated rings. The topological polar surface area (TPSA) is 56.3 Å². The average molecular weight is 410 g/mol. The van der Waals surface area contributed by atoms with E-state index in [1.807, 2.05) is 0 Å². The zero-order chi connectivity index (χ0) is 19.2. The van der Waals surface area contributed by atoms with E-state index in [4.69, 9.17) is 11.6 Å². The summed E-state index contributed by atoms with van der Waals surface area (Å²) in [5.74, 6) is -13.8. The van der Waals surface area contributed by atoms with E-state index < -0.39 is 49.8 Å². The van der Waals surface area contributed by atoms with E-state index in [9.17, 15) is 30.4 Å². The minimum absolute atomic E-state index is 0.0488. The molecule has 0 bridgehead atoms. The normalized spacial score (nSPS) is 11.8. The fraction of sp³-hybridized carbons (Fsp3) is 0. The van der Waals surface area contributed by atoms with Gasteiger partial charge in [0.25, 0.3) is 0 Å². The lowest BCUT2D eigenvalue weighted by Gasteiger charge is -2.11. The molecule has 0 aliphatic carbocycles. The molecule has 0 saturated carbocycles. The Hall–Kier alpha value is -2.46. The maximum atomic E-state index is 13.6. The van der Waals surface area contributed by atoms with Gasteiger partial charge >= 0.3 is 10.1 Å². The lowest BCUT2D eigenvalue weighted by atomic mass is 10.2. The summed E-state index contributed by atoms with van der Waals surface area (Å²) in [5, 5.41) is 0.837. The largest absolute Gasteiger partial charge is 0.372 e. The number of nitrogens with zero attached hydrogens (tertiary/aromatic N) is 1. The molecule has 11 heteroatoms. The predicted octanol–water partition coefficient (Wildman–Crippen LogP) is 4.35. The van der Waals surface area contributed by atoms with Crippen molar-refractivity contribution in [3.05, 3.63) is 64.7 Å². The Morgan fingerprint density at radius 3 is 2.04 bits per heavy atom. The van der Waals surface area contributed by atoms with E-state index in [0.717, 1.165) is 12.1 Å². The molecule has 0 unspecified atom stereocenters. The number of hydrogen-bond donors (Lipinski definition) is 0. The second-order valence-corrected chi connectivity index (χ2v) is 6.89. The zero-order valence-electron chi connectivity index (χ0n) is 12.2. The molecule has 0 saturated heterocycles. The van der Waals surface area contributed by atoms with Crippen LogP contribution in [-0.2, 0) is 10.1 Å². The van der Waals surface area contributed by atoms with E-state index in [2.05, 4.69) is 9.17 Å². The van der Waals surface area contributed by atoms with Crippen molar-refractivity contribution in [3.63, 3.8) is 0 Å². The summed E-state index contributed by atoms with van der Waals surface area (Å²) < 4.78 is 95.2. The minimum Gasteiger partial charge on any atom is -0.372 e. The van der Waals surface area contributed by atoms with Gasteiger partial charge in [-0.25, -0.2) is 18.2 Å². The molecule has 0 N–H and O–H groups in total. The molecular formula is C15H5ClF5NO3S. The number of benzene rings is 2. The van der Waals surface area contributed by atoms with Crippen LogP contribution in [-0.4, -0.2) is 13.4 Å². The maximum absolute atomic E-state index is 13.6. The summed E-state index contributed by atoms with van der Waals surface area (Å²) in [6.45, 7) is 0. The van der Waals surface area contributed by atoms with Gasteiger partial charge in [-0.05, 0) is 23.6 Å². The van der Waals surface area contributed by atoms with Crippen LogP contribution in [0, 0.1) is 29.1 Å². The summed E-state index contributed by atoms with van der Waals surface area (Å²) in [7, 11) is -4.91. The van der Waals surface area contributed by atoms with Gasteiger partial charge in [0.05, 0.1) is 0 Å². The summed E-state index contributed by atoms with van der Waals surface area (Å²) >= 11 is 5.70. The lowest BCUT2D eigenvalue weighted by Crippen LogP contribution is -2.14. The molecule has 0 aliphatic heterocycles. The van der Waals surface area contributed by atoms with Crippen molar-refractivity contribution in [2.75, 3.05) is 0 Å². The Bertz CT molecular complexity index is 1120. The van der Waals surface area contributed by atoms with Crippen LogP contribution in [0.3, 0.4) is 0 Å². The van der Waals surface area contributed by atoms with Crippen molar-refractivity contribution >= 4 is 32.5 Å². The van der Waals surface area contributed by atoms with Gasteiger partial charge in [-0.15, -0.1) is 0 Å². The van der Waals surface area contributed by atoms with Crippen LogP contribution in [0.1, 0.15) is 0 Å². The molecule has 26 heavy (non-hydrogen) atoms. The first-order chi connectivity index (χ1) is 12.1. The Morgan fingerprint density at radius 2 is 1.42 bits per heavy atom. The predicted molar refractivity (Wildman–Crippen MR) is 80.8 cm³/mol. The van der Waals surface area contributed by atoms with E-state index in [-0.39, 0.29) is 5.15 Å². The quantitative estimate of drug-likeness (QED) is 0.212. The first kappa shape index (κ1) is 18.3. The van der Waals surface area contributed by atoms with E-state index >= 15 is 0 Å². The number of hydrogen-bond acceptors (Lipinski definition) is 4. The van der Waals surface area contributed by atoms with Gasteiger partial charge < -0.3 is 4.18 Å². The molecule has 3 rings (SSSR count). The van der Waals surface area contributed by atoms with Crippen molar-refractivity contribution in [1.29, 1.82) is 0 Å². The zero-order valence-corrected chi connectivity index (χ0v) is 13.8. The van der Waals surface area contributed by atoms with Crippen molar-refractivity contribution in [2.45, 2.75) is 4.90 Å². The lowest BCUT2D eigenvalue weighted by molar-refractivity contribution is 0.346. The second-order valence-electron chi connectivity index (χ2n) is 4.95. The third-order valence-corrected chi connectivity index (χ3v) is 4.74. The Labute approximate surface area is 147 Å². The van der Waals surface area contributed by atoms with Crippen molar-refractivity contribution in [3.8, 4) is 5.75 Å². The fourth-order valence-corrected chi connectivity index (χ4v) is 3.20. The van der Waals surface area contributed by atoms with Gasteiger partial charge in [-0.3, -0.25) is 0 Å². The number of fused-ring (bicyclic) bond motifs is 1. The summed E-state index contributed by atoms with van der Waals surface area (Å²) in [4.78, 5) is 3.20. The third-order valence-electron chi connectivity index (χ3n) is 3.31. The van der Waals surface area contributed by atoms with Gasteiger partial charge in [-0.1, -0.05) is 17.7 Å². The van der Waals surface area contributed by atoms with Gasteiger partial charge in [0.2, 0.25) is 34.8 Å². The summed E-state index contributed by atoms with van der Waals surface area (Å²) in [6.07, 6.45) is 1.35. The Balaban J connectivity index is 2.11. The number of halogens is 6. The van der Waals surface area contributed by atoms with Gasteiger partial charge in [-0.2, -0.15) is 17.2 Å². The standard InChI is InChI=1S/C15H5ClF5NO3S/c16-9-4-7-3-8(2-1-6(7)5-22-9)26(23,24)25-15-13(20)11(18)10(17)12(19)14(15)21/h1-5H. The van der Waals surface area contributed by atoms with Crippen LogP contribution in [0.25, 0.3) is 10.8 Å². The molecule has 0 spiro atoms. The van der Waals surface area contributed by atoms with E-state index in [1.54, 1.807) is 0 Å². The van der Waals surface area contributed by atoms with Crippen LogP contribution in [0.15, 0.2) is 35.4 Å². The van der Waals surface area contributed by atoms with Gasteiger partial charge in [0, 0.05) is 11.6 Å². The van der Waals surface area contributed by atoms with Crippen molar-refractivity contribution in [2.24, 2.45) is 0 Å². The molecule has 136 valence electrons. The highest BCUT2D eigenvalue weighted by Gasteiger charge is 2.31. The third kappa shape index (κ3) is 3.06. The minimum atomic E-state index is -4.91. The molecule has 0 amide bonds. The Kier molecular flexibility index (Phi) is 4.49. The summed E-state index contributed by atoms with van der Waals surface area (Å²) in [6, 6.07) is 4.67. The molecule has 3 aromatic rings. The van der Waals surface area contributed by atoms with Crippen LogP contribution in [0.4, 0.5) is 22.0 Å². The highest BCUT2D eigenvalue weighted by atomic mass is 35.5. The van der Waals surface area contributed by atoms with Crippen LogP contribution >= 0.6 is 11.6 Å². The smallest absolute Gasteiger partial charge is 0.339 e. The van der Waals surface area contributed by atoms with Crippen LogP contribution < -0.4 is 4.18 Å². The van der Waals surface area contributed by atoms with E-state index in [0.29, 0.717) is 10.8 Å². The first-order valence-corrected chi connectivity index (χ1v) is 8.41. The molecule has 0 aliphatic rings. The van der Waals surface area contributed by atoms with Crippen molar-refractivity contribution < 1.29 is 34.6 Å². The molecule has 1 aromatic heterocycles. The van der Waals surface area contributed by atoms with Crippen LogP contribution in [0.2, 0.25) is 5.15 Å². The van der Waals surface area contributed by atoms with E-state index in [1.165, 1.54) is 18.3 Å². The van der Waals surface area contributed by atoms with Gasteiger partial charge in [0.15, 0.2) is 0 Å². The first-order valence-electron chi connectivity index (χ1n) is 6.63. The highest BCUT2D eigenvalue weighted by molar-refractivity contribution is 7.87. The van der Waals surface area contributed by atoms with Gasteiger partial charge in [0.1, 0.15) is 10.0 Å². The Morgan fingerprint density at radius 1 is 0.846 bits per heavy atom. The number of rotatable bonds is 3. The molecule has 1 heterocycles. The number of aromatic nitrogens is 1. The molecule has 0 radical (unpaired) electrons. The number of pyridine rings is 1.